The lowest BCUT2D eigenvalue weighted by Crippen LogP contribution is -2.24. The summed E-state index contributed by atoms with van der Waals surface area (Å²) in [6.07, 6.45) is 0.717. The zero-order valence-electron chi connectivity index (χ0n) is 17.9. The zero-order valence-corrected chi connectivity index (χ0v) is 19.5. The number of rotatable bonds is 9. The maximum Gasteiger partial charge on any atom is 0.262 e. The van der Waals surface area contributed by atoms with E-state index >= 15 is 0 Å². The third kappa shape index (κ3) is 5.87. The Morgan fingerprint density at radius 2 is 2.03 bits per heavy atom. The Bertz CT molecular complexity index is 1130. The van der Waals surface area contributed by atoms with Crippen LogP contribution in [-0.2, 0) is 17.0 Å². The highest BCUT2D eigenvalue weighted by Crippen LogP contribution is 2.24. The fourth-order valence-corrected chi connectivity index (χ4v) is 4.29. The number of aromatic nitrogens is 2. The molecule has 2 aromatic carbocycles. The Balaban J connectivity index is 1.90. The van der Waals surface area contributed by atoms with Crippen molar-refractivity contribution in [1.82, 2.24) is 14.5 Å². The summed E-state index contributed by atoms with van der Waals surface area (Å²) >= 11 is 7.59. The molecular formula is C23H26ClN3O3S. The van der Waals surface area contributed by atoms with Gasteiger partial charge in [-0.25, -0.2) is 4.98 Å². The van der Waals surface area contributed by atoms with Crippen LogP contribution >= 0.6 is 23.4 Å². The fraction of sp³-hybridized carbons (Fsp3) is 0.348. The molecule has 0 aliphatic carbocycles. The monoisotopic (exact) mass is 459 g/mol. The smallest absolute Gasteiger partial charge is 0.262 e. The van der Waals surface area contributed by atoms with Gasteiger partial charge in [-0.05, 0) is 49.2 Å². The van der Waals surface area contributed by atoms with Crippen molar-refractivity contribution >= 4 is 40.2 Å². The molecule has 0 saturated carbocycles. The molecular weight excluding hydrogens is 434 g/mol. The molecule has 0 fully saturated rings. The van der Waals surface area contributed by atoms with E-state index in [0.717, 1.165) is 12.0 Å². The largest absolute Gasteiger partial charge is 0.382 e. The minimum atomic E-state index is -0.0859. The first-order valence-electron chi connectivity index (χ1n) is 10.1. The lowest BCUT2D eigenvalue weighted by molar-refractivity contribution is 0.0827. The normalized spacial score (nSPS) is 11.1. The van der Waals surface area contributed by atoms with Crippen LogP contribution in [0.2, 0.25) is 5.02 Å². The molecule has 164 valence electrons. The van der Waals surface area contributed by atoms with E-state index in [2.05, 4.69) is 0 Å². The number of hydrogen-bond donors (Lipinski definition) is 0. The summed E-state index contributed by atoms with van der Waals surface area (Å²) < 4.78 is 7.13. The van der Waals surface area contributed by atoms with E-state index < -0.39 is 0 Å². The summed E-state index contributed by atoms with van der Waals surface area (Å²) in [5.74, 6) is 0.538. The molecule has 0 aliphatic rings. The van der Waals surface area contributed by atoms with Gasteiger partial charge in [-0.15, -0.1) is 0 Å². The second kappa shape index (κ2) is 10.8. The Kier molecular flexibility index (Phi) is 8.12. The molecule has 0 unspecified atom stereocenters. The van der Waals surface area contributed by atoms with Crippen LogP contribution in [0.1, 0.15) is 29.3 Å². The minimum absolute atomic E-state index is 0.0434. The Morgan fingerprint density at radius 3 is 2.77 bits per heavy atom. The van der Waals surface area contributed by atoms with Crippen molar-refractivity contribution in [2.45, 2.75) is 30.8 Å². The van der Waals surface area contributed by atoms with Crippen molar-refractivity contribution in [3.05, 3.63) is 69.0 Å². The fourth-order valence-electron chi connectivity index (χ4n) is 3.15. The molecule has 0 spiro atoms. The van der Waals surface area contributed by atoms with Crippen LogP contribution in [0, 0.1) is 0 Å². The maximum atomic E-state index is 13.1. The highest BCUT2D eigenvalue weighted by molar-refractivity contribution is 7.98. The van der Waals surface area contributed by atoms with Crippen molar-refractivity contribution in [3.8, 4) is 0 Å². The van der Waals surface area contributed by atoms with Gasteiger partial charge in [0.15, 0.2) is 5.16 Å². The molecule has 0 atom stereocenters. The summed E-state index contributed by atoms with van der Waals surface area (Å²) in [6, 6.07) is 12.7. The van der Waals surface area contributed by atoms with E-state index in [0.29, 0.717) is 52.2 Å². The maximum absolute atomic E-state index is 13.1. The molecule has 0 bridgehead atoms. The SMILES string of the molecule is CCOCCCn1c(SCc2cccc(C(=O)N(C)C)c2)nc2cc(Cl)ccc2c1=O. The average molecular weight is 460 g/mol. The van der Waals surface area contributed by atoms with E-state index in [1.54, 1.807) is 47.8 Å². The van der Waals surface area contributed by atoms with Crippen molar-refractivity contribution in [2.24, 2.45) is 0 Å². The second-order valence-corrected chi connectivity index (χ2v) is 8.63. The molecule has 0 N–H and O–H groups in total. The van der Waals surface area contributed by atoms with Crippen LogP contribution in [-0.4, -0.2) is 47.7 Å². The van der Waals surface area contributed by atoms with Crippen molar-refractivity contribution in [2.75, 3.05) is 27.3 Å². The van der Waals surface area contributed by atoms with Crippen LogP contribution in [0.5, 0.6) is 0 Å². The first-order chi connectivity index (χ1) is 14.9. The number of carbonyl (C=O) groups excluding carboxylic acids is 1. The predicted octanol–water partition coefficient (Wildman–Crippen LogP) is 4.47. The summed E-state index contributed by atoms with van der Waals surface area (Å²) in [5.41, 5.74) is 2.12. The average Bonchev–Trinajstić information content (AvgIpc) is 2.76. The molecule has 1 heterocycles. The molecule has 6 nitrogen and oxygen atoms in total. The number of thioether (sulfide) groups is 1. The zero-order chi connectivity index (χ0) is 22.4. The number of amides is 1. The van der Waals surface area contributed by atoms with Crippen LogP contribution in [0.15, 0.2) is 52.4 Å². The molecule has 3 aromatic rings. The molecule has 3 rings (SSSR count). The van der Waals surface area contributed by atoms with E-state index in [1.165, 1.54) is 11.8 Å². The van der Waals surface area contributed by atoms with Gasteiger partial charge in [-0.1, -0.05) is 35.5 Å². The quantitative estimate of drug-likeness (QED) is 0.268. The third-order valence-corrected chi connectivity index (χ3v) is 5.99. The summed E-state index contributed by atoms with van der Waals surface area (Å²) in [4.78, 5) is 31.7. The van der Waals surface area contributed by atoms with Crippen molar-refractivity contribution in [3.63, 3.8) is 0 Å². The molecule has 8 heteroatoms. The lowest BCUT2D eigenvalue weighted by atomic mass is 10.1. The van der Waals surface area contributed by atoms with E-state index in [9.17, 15) is 9.59 Å². The number of ether oxygens (including phenoxy) is 1. The molecule has 1 aromatic heterocycles. The van der Waals surface area contributed by atoms with Gasteiger partial charge in [0.1, 0.15) is 0 Å². The summed E-state index contributed by atoms with van der Waals surface area (Å²) in [7, 11) is 3.46. The minimum Gasteiger partial charge on any atom is -0.382 e. The van der Waals surface area contributed by atoms with E-state index in [1.807, 2.05) is 25.1 Å². The van der Waals surface area contributed by atoms with Crippen LogP contribution in [0.4, 0.5) is 0 Å². The van der Waals surface area contributed by atoms with Gasteiger partial charge in [0.25, 0.3) is 11.5 Å². The first kappa shape index (κ1) is 23.3. The van der Waals surface area contributed by atoms with Crippen LogP contribution < -0.4 is 5.56 Å². The number of carbonyl (C=O) groups is 1. The number of halogens is 1. The van der Waals surface area contributed by atoms with Crippen molar-refractivity contribution < 1.29 is 9.53 Å². The highest BCUT2D eigenvalue weighted by atomic mass is 35.5. The van der Waals surface area contributed by atoms with Gasteiger partial charge in [0.05, 0.1) is 10.9 Å². The predicted molar refractivity (Wildman–Crippen MR) is 126 cm³/mol. The molecule has 0 aliphatic heterocycles. The third-order valence-electron chi connectivity index (χ3n) is 4.70. The Hall–Kier alpha value is -2.35. The van der Waals surface area contributed by atoms with Gasteiger partial charge in [-0.3, -0.25) is 14.2 Å². The summed E-state index contributed by atoms with van der Waals surface area (Å²) in [5, 5.41) is 1.71. The molecule has 1 amide bonds. The number of hydrogen-bond acceptors (Lipinski definition) is 5. The van der Waals surface area contributed by atoms with Gasteiger partial charge in [0.2, 0.25) is 0 Å². The number of fused-ring (bicyclic) bond motifs is 1. The van der Waals surface area contributed by atoms with E-state index in [-0.39, 0.29) is 11.5 Å². The first-order valence-corrected chi connectivity index (χ1v) is 11.5. The van der Waals surface area contributed by atoms with Gasteiger partial charge in [0, 0.05) is 50.2 Å². The van der Waals surface area contributed by atoms with Gasteiger partial charge < -0.3 is 9.64 Å². The standard InChI is InChI=1S/C23H26ClN3O3S/c1-4-30-12-6-11-27-22(29)19-10-9-18(24)14-20(19)25-23(27)31-15-16-7-5-8-17(13-16)21(28)26(2)3/h5,7-10,13-14H,4,6,11-12,15H2,1-3H3. The molecule has 31 heavy (non-hydrogen) atoms. The topological polar surface area (TPSA) is 64.4 Å². The lowest BCUT2D eigenvalue weighted by Gasteiger charge is -2.14. The van der Waals surface area contributed by atoms with Crippen LogP contribution in [0.3, 0.4) is 0 Å². The number of nitrogens with zero attached hydrogens (tertiary/aromatic N) is 3. The molecule has 0 radical (unpaired) electrons. The number of benzene rings is 2. The van der Waals surface area contributed by atoms with Gasteiger partial charge >= 0.3 is 0 Å². The highest BCUT2D eigenvalue weighted by Gasteiger charge is 2.13. The van der Waals surface area contributed by atoms with Gasteiger partial charge in [-0.2, -0.15) is 0 Å². The summed E-state index contributed by atoms with van der Waals surface area (Å²) in [6.45, 7) is 3.70. The van der Waals surface area contributed by atoms with E-state index in [4.69, 9.17) is 21.3 Å². The second-order valence-electron chi connectivity index (χ2n) is 7.25. The van der Waals surface area contributed by atoms with Crippen LogP contribution in [0.25, 0.3) is 10.9 Å². The Morgan fingerprint density at radius 1 is 1.23 bits per heavy atom. The Labute approximate surface area is 191 Å². The van der Waals surface area contributed by atoms with Crippen molar-refractivity contribution in [1.29, 1.82) is 0 Å². The molecule has 0 saturated heterocycles.